The summed E-state index contributed by atoms with van der Waals surface area (Å²) in [4.78, 5) is 14.2. The van der Waals surface area contributed by atoms with Crippen molar-refractivity contribution in [3.8, 4) is 0 Å². The molecule has 2 N–H and O–H groups in total. The van der Waals surface area contributed by atoms with E-state index in [0.717, 1.165) is 35.9 Å². The zero-order chi connectivity index (χ0) is 13.6. The normalized spacial score (nSPS) is 18.5. The number of halogens is 2. The molecule has 5 heteroatoms. The van der Waals surface area contributed by atoms with Gasteiger partial charge in [-0.15, -0.1) is 0 Å². The monoisotopic (exact) mass is 297 g/mol. The first-order valence-corrected chi connectivity index (χ1v) is 7.01. The molecule has 1 aromatic carbocycles. The quantitative estimate of drug-likeness (QED) is 0.878. The van der Waals surface area contributed by atoms with Crippen LogP contribution in [0.25, 0.3) is 10.9 Å². The van der Waals surface area contributed by atoms with Crippen molar-refractivity contribution in [1.29, 1.82) is 0 Å². The molecule has 0 fully saturated rings. The Labute approximate surface area is 120 Å². The van der Waals surface area contributed by atoms with Crippen LogP contribution < -0.4 is 0 Å². The van der Waals surface area contributed by atoms with Crippen LogP contribution in [-0.2, 0) is 17.6 Å². The molecule has 0 amide bonds. The highest BCUT2D eigenvalue weighted by Crippen LogP contribution is 2.38. The van der Waals surface area contributed by atoms with E-state index in [9.17, 15) is 4.79 Å². The number of aryl methyl sites for hydroxylation is 1. The van der Waals surface area contributed by atoms with Gasteiger partial charge in [0.1, 0.15) is 0 Å². The number of hydrogen-bond donors (Lipinski definition) is 2. The van der Waals surface area contributed by atoms with Gasteiger partial charge in [0, 0.05) is 23.0 Å². The fourth-order valence-electron chi connectivity index (χ4n) is 2.95. The third kappa shape index (κ3) is 2.21. The van der Waals surface area contributed by atoms with E-state index in [4.69, 9.17) is 28.3 Å². The fraction of sp³-hybridized carbons (Fsp3) is 0.357. The standard InChI is InChI=1S/C14H13Cl2NO2/c15-9-3-4-10-13(14(9)16)8-2-1-7(6-12(18)19)5-11(8)17-10/h3-4,7,17H,1-2,5-6H2,(H,18,19). The summed E-state index contributed by atoms with van der Waals surface area (Å²) in [6.45, 7) is 0. The van der Waals surface area contributed by atoms with E-state index in [0.29, 0.717) is 10.0 Å². The van der Waals surface area contributed by atoms with Crippen molar-refractivity contribution < 1.29 is 9.90 Å². The minimum atomic E-state index is -0.731. The molecule has 1 aromatic heterocycles. The molecule has 3 nitrogen and oxygen atoms in total. The highest BCUT2D eigenvalue weighted by molar-refractivity contribution is 6.45. The zero-order valence-electron chi connectivity index (χ0n) is 10.2. The molecular formula is C14H13Cl2NO2. The van der Waals surface area contributed by atoms with E-state index in [2.05, 4.69) is 4.98 Å². The molecule has 100 valence electrons. The third-order valence-electron chi connectivity index (χ3n) is 3.81. The number of aromatic amines is 1. The Kier molecular flexibility index (Phi) is 3.19. The van der Waals surface area contributed by atoms with Crippen LogP contribution in [0.1, 0.15) is 24.1 Å². The van der Waals surface area contributed by atoms with Crippen molar-refractivity contribution in [2.24, 2.45) is 5.92 Å². The van der Waals surface area contributed by atoms with E-state index in [1.807, 2.05) is 6.07 Å². The lowest BCUT2D eigenvalue weighted by atomic mass is 9.85. The lowest BCUT2D eigenvalue weighted by molar-refractivity contribution is -0.138. The molecule has 0 bridgehead atoms. The van der Waals surface area contributed by atoms with Gasteiger partial charge in [-0.3, -0.25) is 4.79 Å². The molecule has 0 radical (unpaired) electrons. The van der Waals surface area contributed by atoms with Crippen molar-refractivity contribution in [2.45, 2.75) is 25.7 Å². The molecule has 1 atom stereocenters. The van der Waals surface area contributed by atoms with E-state index in [1.165, 1.54) is 5.56 Å². The number of aliphatic carboxylic acids is 1. The maximum absolute atomic E-state index is 10.8. The van der Waals surface area contributed by atoms with E-state index in [1.54, 1.807) is 6.07 Å². The second kappa shape index (κ2) is 4.73. The third-order valence-corrected chi connectivity index (χ3v) is 4.61. The van der Waals surface area contributed by atoms with Gasteiger partial charge in [0.2, 0.25) is 0 Å². The van der Waals surface area contributed by atoms with Crippen LogP contribution in [0.5, 0.6) is 0 Å². The molecule has 0 saturated heterocycles. The summed E-state index contributed by atoms with van der Waals surface area (Å²) in [7, 11) is 0. The number of carboxylic acids is 1. The number of fused-ring (bicyclic) bond motifs is 3. The Balaban J connectivity index is 2.03. The molecule has 2 aromatic rings. The van der Waals surface area contributed by atoms with Gasteiger partial charge in [-0.2, -0.15) is 0 Å². The summed E-state index contributed by atoms with van der Waals surface area (Å²) in [5.74, 6) is -0.530. The number of benzene rings is 1. The molecular weight excluding hydrogens is 285 g/mol. The van der Waals surface area contributed by atoms with Crippen LogP contribution in [0.2, 0.25) is 10.0 Å². The average Bonchev–Trinajstić information content (AvgIpc) is 2.71. The number of aromatic nitrogens is 1. The number of carboxylic acid groups (broad SMARTS) is 1. The number of carbonyl (C=O) groups is 1. The first-order chi connectivity index (χ1) is 9.06. The fourth-order valence-corrected chi connectivity index (χ4v) is 3.39. The summed E-state index contributed by atoms with van der Waals surface area (Å²) >= 11 is 12.3. The van der Waals surface area contributed by atoms with E-state index >= 15 is 0 Å². The predicted octanol–water partition coefficient (Wildman–Crippen LogP) is 4.05. The highest BCUT2D eigenvalue weighted by atomic mass is 35.5. The topological polar surface area (TPSA) is 53.1 Å². The van der Waals surface area contributed by atoms with Gasteiger partial charge >= 0.3 is 5.97 Å². The summed E-state index contributed by atoms with van der Waals surface area (Å²) < 4.78 is 0. The highest BCUT2D eigenvalue weighted by Gasteiger charge is 2.25. The minimum Gasteiger partial charge on any atom is -0.481 e. The molecule has 19 heavy (non-hydrogen) atoms. The Hall–Kier alpha value is -1.19. The largest absolute Gasteiger partial charge is 0.481 e. The van der Waals surface area contributed by atoms with Gasteiger partial charge in [0.05, 0.1) is 10.0 Å². The van der Waals surface area contributed by atoms with E-state index in [-0.39, 0.29) is 12.3 Å². The van der Waals surface area contributed by atoms with E-state index < -0.39 is 5.97 Å². The van der Waals surface area contributed by atoms with Gasteiger partial charge in [0.15, 0.2) is 0 Å². The molecule has 1 heterocycles. The van der Waals surface area contributed by atoms with Crippen molar-refractivity contribution in [2.75, 3.05) is 0 Å². The first kappa shape index (κ1) is 12.8. The van der Waals surface area contributed by atoms with Gasteiger partial charge < -0.3 is 10.1 Å². The Bertz CT molecular complexity index is 663. The lowest BCUT2D eigenvalue weighted by Gasteiger charge is -2.20. The molecule has 1 aliphatic carbocycles. The number of H-pyrrole nitrogens is 1. The second-order valence-electron chi connectivity index (χ2n) is 5.07. The minimum absolute atomic E-state index is 0.201. The van der Waals surface area contributed by atoms with Crippen molar-refractivity contribution >= 4 is 40.1 Å². The molecule has 1 unspecified atom stereocenters. The summed E-state index contributed by atoms with van der Waals surface area (Å²) in [5.41, 5.74) is 3.29. The van der Waals surface area contributed by atoms with Gasteiger partial charge in [-0.05, 0) is 42.9 Å². The molecule has 3 rings (SSSR count). The van der Waals surface area contributed by atoms with Crippen LogP contribution in [0, 0.1) is 5.92 Å². The molecule has 0 spiro atoms. The lowest BCUT2D eigenvalue weighted by Crippen LogP contribution is -2.17. The van der Waals surface area contributed by atoms with Crippen molar-refractivity contribution in [3.63, 3.8) is 0 Å². The van der Waals surface area contributed by atoms with Crippen LogP contribution in [0.4, 0.5) is 0 Å². The zero-order valence-corrected chi connectivity index (χ0v) is 11.7. The SMILES string of the molecule is O=C(O)CC1CCc2c([nH]c3ccc(Cl)c(Cl)c23)C1. The van der Waals surface area contributed by atoms with Crippen LogP contribution in [0.15, 0.2) is 12.1 Å². The number of nitrogens with one attached hydrogen (secondary N) is 1. The van der Waals surface area contributed by atoms with Crippen LogP contribution in [0.3, 0.4) is 0 Å². The summed E-state index contributed by atoms with van der Waals surface area (Å²) in [6, 6.07) is 3.71. The van der Waals surface area contributed by atoms with Crippen LogP contribution >= 0.6 is 23.2 Å². The molecule has 0 saturated carbocycles. The average molecular weight is 298 g/mol. The Morgan fingerprint density at radius 2 is 2.21 bits per heavy atom. The van der Waals surface area contributed by atoms with Gasteiger partial charge in [0.25, 0.3) is 0 Å². The van der Waals surface area contributed by atoms with Gasteiger partial charge in [-0.25, -0.2) is 0 Å². The first-order valence-electron chi connectivity index (χ1n) is 6.25. The smallest absolute Gasteiger partial charge is 0.303 e. The maximum Gasteiger partial charge on any atom is 0.303 e. The Morgan fingerprint density at radius 3 is 2.95 bits per heavy atom. The van der Waals surface area contributed by atoms with Crippen molar-refractivity contribution in [3.05, 3.63) is 33.4 Å². The molecule has 0 aliphatic heterocycles. The molecule has 1 aliphatic rings. The summed E-state index contributed by atoms with van der Waals surface area (Å²) in [6.07, 6.45) is 2.73. The van der Waals surface area contributed by atoms with Crippen LogP contribution in [-0.4, -0.2) is 16.1 Å². The number of hydrogen-bond acceptors (Lipinski definition) is 1. The predicted molar refractivity (Wildman–Crippen MR) is 76.1 cm³/mol. The Morgan fingerprint density at radius 1 is 1.42 bits per heavy atom. The van der Waals surface area contributed by atoms with Gasteiger partial charge in [-0.1, -0.05) is 23.2 Å². The maximum atomic E-state index is 10.8. The number of rotatable bonds is 2. The van der Waals surface area contributed by atoms with Crippen molar-refractivity contribution in [1.82, 2.24) is 4.98 Å². The summed E-state index contributed by atoms with van der Waals surface area (Å²) in [5, 5.41) is 11.0. The second-order valence-corrected chi connectivity index (χ2v) is 5.86.